The first-order valence-electron chi connectivity index (χ1n) is 6.22. The van der Waals surface area contributed by atoms with Crippen LogP contribution in [-0.2, 0) is 0 Å². The number of nitrogens with zero attached hydrogens (tertiary/aromatic N) is 2. The summed E-state index contributed by atoms with van der Waals surface area (Å²) in [5.74, 6) is 0. The van der Waals surface area contributed by atoms with E-state index in [-0.39, 0.29) is 0 Å². The average molecular weight is 500 g/mol. The second-order valence-electron chi connectivity index (χ2n) is 4.54. The van der Waals surface area contributed by atoms with Gasteiger partial charge in [-0.25, -0.2) is 0 Å². The molecule has 0 aliphatic heterocycles. The summed E-state index contributed by atoms with van der Waals surface area (Å²) in [6, 6.07) is 7.09. The molecule has 23 heavy (non-hydrogen) atoms. The zero-order valence-electron chi connectivity index (χ0n) is 11.2. The number of rotatable bonds is 0. The van der Waals surface area contributed by atoms with Gasteiger partial charge in [-0.3, -0.25) is 10.2 Å². The summed E-state index contributed by atoms with van der Waals surface area (Å²) in [6.45, 7) is 0. The van der Waals surface area contributed by atoms with Gasteiger partial charge in [0.05, 0.1) is 37.3 Å². The second-order valence-corrected chi connectivity index (χ2v) is 7.25. The maximum absolute atomic E-state index is 5.84. The highest BCUT2D eigenvalue weighted by molar-refractivity contribution is 14.1. The van der Waals surface area contributed by atoms with E-state index < -0.39 is 0 Å². The lowest BCUT2D eigenvalue weighted by atomic mass is 10.3. The molecule has 2 N–H and O–H groups in total. The quantitative estimate of drug-likeness (QED) is 0.277. The van der Waals surface area contributed by atoms with Crippen molar-refractivity contribution < 1.29 is 0 Å². The van der Waals surface area contributed by atoms with Crippen LogP contribution >= 0.6 is 69.0 Å². The van der Waals surface area contributed by atoms with Crippen molar-refractivity contribution in [1.29, 1.82) is 0 Å². The number of aromatic amines is 2. The largest absolute Gasteiger partial charge is 0.278 e. The van der Waals surface area contributed by atoms with E-state index in [2.05, 4.69) is 43.0 Å². The van der Waals surface area contributed by atoms with Gasteiger partial charge in [0.25, 0.3) is 0 Å². The number of hydrogen-bond acceptors (Lipinski definition) is 2. The lowest BCUT2D eigenvalue weighted by Gasteiger charge is -1.93. The highest BCUT2D eigenvalue weighted by atomic mass is 127. The zero-order valence-corrected chi connectivity index (χ0v) is 16.4. The van der Waals surface area contributed by atoms with Gasteiger partial charge < -0.3 is 0 Å². The Bertz CT molecular complexity index is 959. The van der Waals surface area contributed by atoms with Crippen LogP contribution in [0.15, 0.2) is 30.5 Å². The minimum absolute atomic E-state index is 0.534. The Morgan fingerprint density at radius 3 is 2.26 bits per heavy atom. The number of aromatic nitrogens is 4. The van der Waals surface area contributed by atoms with Crippen LogP contribution in [-0.4, -0.2) is 20.4 Å². The SMILES string of the molecule is Clc1cc2cn[nH]c2cc1Cl.Clc1cc2n[nH]c(I)c2cc1Cl. The van der Waals surface area contributed by atoms with E-state index in [1.807, 2.05) is 6.07 Å². The van der Waals surface area contributed by atoms with E-state index in [0.29, 0.717) is 20.1 Å². The van der Waals surface area contributed by atoms with Gasteiger partial charge >= 0.3 is 0 Å². The number of benzene rings is 2. The van der Waals surface area contributed by atoms with Crippen LogP contribution in [0.1, 0.15) is 0 Å². The predicted molar refractivity (Wildman–Crippen MR) is 105 cm³/mol. The first-order chi connectivity index (χ1) is 11.0. The van der Waals surface area contributed by atoms with Gasteiger partial charge in [0.1, 0.15) is 3.70 Å². The third-order valence-electron chi connectivity index (χ3n) is 3.03. The first kappa shape index (κ1) is 17.1. The molecule has 0 amide bonds. The molecule has 0 radical (unpaired) electrons. The number of hydrogen-bond donors (Lipinski definition) is 2. The lowest BCUT2D eigenvalue weighted by molar-refractivity contribution is 1.09. The summed E-state index contributed by atoms with van der Waals surface area (Å²) >= 11 is 25.3. The minimum Gasteiger partial charge on any atom is -0.278 e. The molecule has 9 heteroatoms. The van der Waals surface area contributed by atoms with Crippen molar-refractivity contribution in [3.05, 3.63) is 54.3 Å². The molecular weight excluding hydrogens is 493 g/mol. The van der Waals surface area contributed by atoms with E-state index in [9.17, 15) is 0 Å². The van der Waals surface area contributed by atoms with Crippen molar-refractivity contribution in [2.45, 2.75) is 0 Å². The fourth-order valence-electron chi connectivity index (χ4n) is 1.91. The fourth-order valence-corrected chi connectivity index (χ4v) is 3.12. The summed E-state index contributed by atoms with van der Waals surface area (Å²) < 4.78 is 0.973. The maximum atomic E-state index is 5.84. The Kier molecular flexibility index (Phi) is 5.22. The third kappa shape index (κ3) is 3.69. The molecule has 4 nitrogen and oxygen atoms in total. The van der Waals surface area contributed by atoms with E-state index in [4.69, 9.17) is 46.4 Å². The summed E-state index contributed by atoms with van der Waals surface area (Å²) in [7, 11) is 0. The lowest BCUT2D eigenvalue weighted by Crippen LogP contribution is -1.71. The molecular formula is C14H7Cl4IN4. The molecule has 0 atom stereocenters. The van der Waals surface area contributed by atoms with E-state index >= 15 is 0 Å². The third-order valence-corrected chi connectivity index (χ3v) is 5.30. The first-order valence-corrected chi connectivity index (χ1v) is 8.81. The van der Waals surface area contributed by atoms with Crippen LogP contribution in [0, 0.1) is 3.70 Å². The van der Waals surface area contributed by atoms with E-state index in [0.717, 1.165) is 25.5 Å². The number of H-pyrrole nitrogens is 2. The molecule has 0 aliphatic carbocycles. The van der Waals surface area contributed by atoms with Gasteiger partial charge in [0.2, 0.25) is 0 Å². The summed E-state index contributed by atoms with van der Waals surface area (Å²) in [5, 5.41) is 17.7. The fraction of sp³-hybridized carbons (Fsp3) is 0. The molecule has 2 aromatic heterocycles. The molecule has 0 aliphatic rings. The van der Waals surface area contributed by atoms with Crippen LogP contribution in [0.5, 0.6) is 0 Å². The monoisotopic (exact) mass is 498 g/mol. The highest BCUT2D eigenvalue weighted by Gasteiger charge is 2.06. The standard InChI is InChI=1S/C7H3Cl2IN2.C7H4Cl2N2/c8-4-1-3-6(2-5(4)9)11-12-7(3)10;8-5-1-4-3-10-11-7(4)2-6(5)9/h1-2H,(H,11,12);1-3H,(H,10,11). The molecule has 0 saturated heterocycles. The number of halogens is 5. The van der Waals surface area contributed by atoms with Crippen molar-refractivity contribution in [2.75, 3.05) is 0 Å². The molecule has 0 saturated carbocycles. The number of nitrogens with one attached hydrogen (secondary N) is 2. The van der Waals surface area contributed by atoms with Crippen molar-refractivity contribution in [1.82, 2.24) is 20.4 Å². The van der Waals surface area contributed by atoms with Gasteiger partial charge in [-0.15, -0.1) is 0 Å². The maximum Gasteiger partial charge on any atom is 0.104 e. The van der Waals surface area contributed by atoms with Crippen LogP contribution < -0.4 is 0 Å². The Balaban J connectivity index is 0.000000136. The van der Waals surface area contributed by atoms with Gasteiger partial charge in [-0.2, -0.15) is 10.2 Å². The van der Waals surface area contributed by atoms with Gasteiger partial charge in [-0.1, -0.05) is 46.4 Å². The molecule has 0 unspecified atom stereocenters. The topological polar surface area (TPSA) is 57.4 Å². The normalized spacial score (nSPS) is 10.8. The summed E-state index contributed by atoms with van der Waals surface area (Å²) in [5.41, 5.74) is 1.74. The molecule has 0 fully saturated rings. The predicted octanol–water partition coefficient (Wildman–Crippen LogP) is 6.34. The minimum atomic E-state index is 0.534. The van der Waals surface area contributed by atoms with Crippen LogP contribution in [0.25, 0.3) is 21.8 Å². The Hall–Kier alpha value is -0.730. The van der Waals surface area contributed by atoms with E-state index in [1.165, 1.54) is 0 Å². The van der Waals surface area contributed by atoms with Gasteiger partial charge in [0, 0.05) is 10.8 Å². The Morgan fingerprint density at radius 2 is 1.48 bits per heavy atom. The summed E-state index contributed by atoms with van der Waals surface area (Å²) in [6.07, 6.45) is 1.71. The molecule has 4 rings (SSSR count). The van der Waals surface area contributed by atoms with Gasteiger partial charge in [0.15, 0.2) is 0 Å². The molecule has 0 spiro atoms. The van der Waals surface area contributed by atoms with Crippen molar-refractivity contribution in [3.63, 3.8) is 0 Å². The van der Waals surface area contributed by atoms with Crippen LogP contribution in [0.4, 0.5) is 0 Å². The molecule has 118 valence electrons. The smallest absolute Gasteiger partial charge is 0.104 e. The number of fused-ring (bicyclic) bond motifs is 2. The molecule has 0 bridgehead atoms. The highest BCUT2D eigenvalue weighted by Crippen LogP contribution is 2.28. The molecule has 2 aromatic carbocycles. The van der Waals surface area contributed by atoms with Crippen LogP contribution in [0.3, 0.4) is 0 Å². The van der Waals surface area contributed by atoms with Crippen molar-refractivity contribution >= 4 is 90.8 Å². The molecule has 4 aromatic rings. The Morgan fingerprint density at radius 1 is 0.826 bits per heavy atom. The van der Waals surface area contributed by atoms with Gasteiger partial charge in [-0.05, 0) is 46.9 Å². The average Bonchev–Trinajstić information content (AvgIpc) is 3.09. The Labute approximate surface area is 164 Å². The molecule has 2 heterocycles. The van der Waals surface area contributed by atoms with Crippen LogP contribution in [0.2, 0.25) is 20.1 Å². The van der Waals surface area contributed by atoms with E-state index in [1.54, 1.807) is 24.4 Å². The zero-order chi connectivity index (χ0) is 16.6. The van der Waals surface area contributed by atoms with Crippen molar-refractivity contribution in [3.8, 4) is 0 Å². The van der Waals surface area contributed by atoms with Crippen molar-refractivity contribution in [2.24, 2.45) is 0 Å². The second kappa shape index (κ2) is 7.03. The summed E-state index contributed by atoms with van der Waals surface area (Å²) in [4.78, 5) is 0.